The van der Waals surface area contributed by atoms with Crippen LogP contribution in [-0.2, 0) is 52.6 Å². The molecule has 2 aliphatic carbocycles. The van der Waals surface area contributed by atoms with Gasteiger partial charge in [0.1, 0.15) is 60.1 Å². The minimum atomic E-state index is -1.75. The molecule has 4 fully saturated rings. The first-order valence-electron chi connectivity index (χ1n) is 36.3. The third kappa shape index (κ3) is 21.6. The Labute approximate surface area is 654 Å². The number of aromatic nitrogens is 2. The number of nitro benzene ring substituents is 2. The van der Waals surface area contributed by atoms with Gasteiger partial charge < -0.3 is 40.6 Å². The summed E-state index contributed by atoms with van der Waals surface area (Å²) in [5.41, 5.74) is 6.09. The molecule has 2 aromatic heterocycles. The van der Waals surface area contributed by atoms with Crippen molar-refractivity contribution in [2.24, 2.45) is 22.7 Å². The Balaban J connectivity index is 0.000000199. The van der Waals surface area contributed by atoms with Crippen LogP contribution < -0.4 is 32.1 Å². The van der Waals surface area contributed by atoms with Gasteiger partial charge in [0.15, 0.2) is 0 Å². The molecule has 590 valence electrons. The Morgan fingerprint density at radius 2 is 1.37 bits per heavy atom. The van der Waals surface area contributed by atoms with Crippen molar-refractivity contribution in [1.29, 1.82) is 0 Å². The number of aliphatic hydroxyl groups is 1. The van der Waals surface area contributed by atoms with Crippen molar-refractivity contribution in [2.75, 3.05) is 19.7 Å². The van der Waals surface area contributed by atoms with Crippen molar-refractivity contribution in [3.8, 4) is 0 Å². The topological polar surface area (TPSA) is 409 Å². The van der Waals surface area contributed by atoms with Crippen LogP contribution in [0.1, 0.15) is 173 Å². The lowest BCUT2D eigenvalue weighted by Gasteiger charge is -2.35. The summed E-state index contributed by atoms with van der Waals surface area (Å²) in [6, 6.07) is 18.2. The van der Waals surface area contributed by atoms with Gasteiger partial charge in [-0.25, -0.2) is 20.4 Å². The smallest absolute Gasteiger partial charge is 0.353 e. The van der Waals surface area contributed by atoms with E-state index in [1.165, 1.54) is 55.1 Å². The highest BCUT2D eigenvalue weighted by atomic mass is 35.6. The maximum atomic E-state index is 13.4. The molecule has 5 aliphatic rings. The molecule has 7 N–H and O–H groups in total. The molecule has 0 radical (unpaired) electrons. The van der Waals surface area contributed by atoms with E-state index in [1.807, 2.05) is 101 Å². The van der Waals surface area contributed by atoms with E-state index in [0.29, 0.717) is 75.8 Å². The van der Waals surface area contributed by atoms with Crippen molar-refractivity contribution in [1.82, 2.24) is 52.1 Å². The molecule has 30 nitrogen and oxygen atoms in total. The molecule has 2 saturated carbocycles. The van der Waals surface area contributed by atoms with Gasteiger partial charge >= 0.3 is 23.9 Å². The van der Waals surface area contributed by atoms with Gasteiger partial charge in [-0.05, 0) is 174 Å². The minimum absolute atomic E-state index is 0.196. The van der Waals surface area contributed by atoms with Gasteiger partial charge in [0.2, 0.25) is 27.4 Å². The zero-order valence-electron chi connectivity index (χ0n) is 62.8. The molecule has 11 rings (SSSR count). The lowest BCUT2D eigenvalue weighted by molar-refractivity contribution is -0.385. The van der Waals surface area contributed by atoms with Crippen molar-refractivity contribution in [3.63, 3.8) is 0 Å². The van der Waals surface area contributed by atoms with E-state index in [1.54, 1.807) is 32.3 Å². The molecular formula is C78H89Cl3N12O18. The number of nitro groups is 2. The number of rotatable bonds is 16. The molecule has 8 atom stereocenters. The van der Waals surface area contributed by atoms with Crippen molar-refractivity contribution >= 4 is 139 Å². The average Bonchev–Trinajstić information content (AvgIpc) is 1.64. The number of hydrogen-bond acceptors (Lipinski definition) is 22. The zero-order chi connectivity index (χ0) is 81.1. The molecule has 2 saturated heterocycles. The number of pyridine rings is 2. The Kier molecular flexibility index (Phi) is 27.6. The van der Waals surface area contributed by atoms with Crippen molar-refractivity contribution in [2.45, 2.75) is 173 Å². The number of alkyl halides is 3. The number of amides is 6. The average molecular weight is 1590 g/mol. The van der Waals surface area contributed by atoms with Crippen LogP contribution >= 0.6 is 34.8 Å². The van der Waals surface area contributed by atoms with E-state index in [-0.39, 0.29) is 51.8 Å². The Morgan fingerprint density at radius 1 is 0.757 bits per heavy atom. The Hall–Kier alpha value is -10.4. The summed E-state index contributed by atoms with van der Waals surface area (Å²) >= 11 is 17.0. The summed E-state index contributed by atoms with van der Waals surface area (Å²) in [4.78, 5) is 159. The molecule has 3 aliphatic heterocycles. The fraction of sp³-hybridized carbons (Fsp3) is 0.436. The van der Waals surface area contributed by atoms with E-state index >= 15 is 0 Å². The number of esters is 4. The summed E-state index contributed by atoms with van der Waals surface area (Å²) in [6.45, 7) is 17.2. The van der Waals surface area contributed by atoms with Crippen LogP contribution in [-0.4, -0.2) is 154 Å². The highest BCUT2D eigenvalue weighted by Gasteiger charge is 2.50. The van der Waals surface area contributed by atoms with Gasteiger partial charge in [0, 0.05) is 48.4 Å². The van der Waals surface area contributed by atoms with Crippen LogP contribution in [0.4, 0.5) is 11.4 Å². The Bertz CT molecular complexity index is 4600. The summed E-state index contributed by atoms with van der Waals surface area (Å²) in [5.74, 6) is -6.27. The SMILES string of the molecule is CC(C)[C@@H]1NC(=O)C2(/C=C/c3cc4cc(ccc4cn3)[C@@H](C)OC(=O)[C@@H]3CCCN(N3)C(=O)[C@H](C)NC1=O)CC2.CC(C)[C@H](NC(=O)C1(/C=C/c2cc3cc([C@@H](C)O)ccc3cn2)CC1)C(=O)N[C@@H](C)C(=O)N1CCC[C@@H](C(=O)OCC(Cl)(Cl)Cl)N1.Cc1cccc([N+](=O)[O-])c1C(=O)OC(=O)c1c(C)cccc1[N+](=O)[O-]. The van der Waals surface area contributed by atoms with Crippen molar-refractivity contribution < 1.29 is 77.1 Å². The predicted octanol–water partition coefficient (Wildman–Crippen LogP) is 10.0. The molecule has 111 heavy (non-hydrogen) atoms. The number of benzene rings is 4. The molecule has 6 aromatic rings. The number of hydrogen-bond donors (Lipinski definition) is 7. The Morgan fingerprint density at radius 3 is 1.95 bits per heavy atom. The highest BCUT2D eigenvalue weighted by molar-refractivity contribution is 6.67. The standard InChI is InChI=1S/C32H40Cl3N5O6.C30H37N5O5.C16H12N2O7/c1-18(2)26(27(42)37-19(3)28(43)40-13-5-6-25(39-40)29(44)46-17-32(33,34)35)38-30(45)31(11-12-31)10-9-24-15-23-14-21(20(4)41)7-8-22(23)16-36-24;1-17(2)25-26(36)32-18(3)27(37)35-13-5-6-24(34-35)28(38)40-19(4)20-7-8-21-16-31-23(15-22(21)14-20)9-10-30(11-12-30)29(39)33-25;1-9-5-3-7-11(17(21)22)13(9)15(19)25-16(20)14-10(2)6-4-8-12(14)18(23)24/h7-10,14-16,18-20,25-26,39,41H,5-6,11-13,17H2,1-4H3,(H,37,42)(H,38,45);7-10,14-19,24-25,34H,5-6,11-13H2,1-4H3,(H,32,36)(H,33,39);3-8H,1-2H3/b2*10-9+;/t19-,20+,25-,26-;18-,19+,24-,25-;/m00./s1. The second-order valence-electron chi connectivity index (χ2n) is 29.0. The third-order valence-electron chi connectivity index (χ3n) is 19.7. The van der Waals surface area contributed by atoms with E-state index in [2.05, 4.69) is 46.8 Å². The molecular weight excluding hydrogens is 1500 g/mol. The van der Waals surface area contributed by atoms with Crippen LogP contribution in [0.2, 0.25) is 0 Å². The number of nitrogens with zero attached hydrogens (tertiary/aromatic N) is 6. The lowest BCUT2D eigenvalue weighted by atomic mass is 9.99. The molecule has 4 aromatic carbocycles. The minimum Gasteiger partial charge on any atom is -0.460 e. The van der Waals surface area contributed by atoms with Gasteiger partial charge in [-0.15, -0.1) is 0 Å². The summed E-state index contributed by atoms with van der Waals surface area (Å²) in [5, 5.41) is 49.7. The number of carbonyl (C=O) groups excluding carboxylic acids is 10. The fourth-order valence-electron chi connectivity index (χ4n) is 12.7. The van der Waals surface area contributed by atoms with E-state index in [0.717, 1.165) is 44.8 Å². The molecule has 0 unspecified atom stereocenters. The summed E-state index contributed by atoms with van der Waals surface area (Å²) < 4.78 is 13.8. The van der Waals surface area contributed by atoms with Crippen LogP contribution in [0.3, 0.4) is 0 Å². The number of ether oxygens (including phenoxy) is 3. The van der Waals surface area contributed by atoms with E-state index in [9.17, 15) is 73.3 Å². The first kappa shape index (κ1) is 84.6. The third-order valence-corrected chi connectivity index (χ3v) is 20.0. The van der Waals surface area contributed by atoms with Gasteiger partial charge in [0.25, 0.3) is 23.2 Å². The zero-order valence-corrected chi connectivity index (χ0v) is 65.1. The molecule has 6 amide bonds. The van der Waals surface area contributed by atoms with Crippen molar-refractivity contribution in [3.05, 3.63) is 174 Å². The normalized spacial score (nSPS) is 20.7. The maximum absolute atomic E-state index is 13.4. The molecule has 33 heteroatoms. The summed E-state index contributed by atoms with van der Waals surface area (Å²) in [6.07, 6.45) is 14.5. The van der Waals surface area contributed by atoms with Gasteiger partial charge in [-0.2, -0.15) is 0 Å². The number of carbonyl (C=O) groups is 10. The summed E-state index contributed by atoms with van der Waals surface area (Å²) in [7, 11) is 0. The molecule has 5 heterocycles. The monoisotopic (exact) mass is 1590 g/mol. The van der Waals surface area contributed by atoms with E-state index in [4.69, 9.17) is 44.3 Å². The number of aliphatic hydroxyl groups excluding tert-OH is 1. The number of nitrogens with one attached hydrogen (secondary N) is 6. The maximum Gasteiger partial charge on any atom is 0.353 e. The number of aryl methyl sites for hydroxylation is 2. The molecule has 1 spiro atoms. The van der Waals surface area contributed by atoms with Crippen LogP contribution in [0, 0.1) is 56.7 Å². The first-order chi connectivity index (χ1) is 52.4. The highest BCUT2D eigenvalue weighted by Crippen LogP contribution is 2.49. The second kappa shape index (κ2) is 36.2. The van der Waals surface area contributed by atoms with Crippen LogP contribution in [0.25, 0.3) is 33.7 Å². The quantitative estimate of drug-likeness (QED) is 0.0118. The predicted molar refractivity (Wildman–Crippen MR) is 411 cm³/mol. The largest absolute Gasteiger partial charge is 0.460 e. The lowest BCUT2D eigenvalue weighted by Crippen LogP contribution is -2.61. The number of fused-ring (bicyclic) bond motifs is 5. The van der Waals surface area contributed by atoms with Gasteiger partial charge in [-0.1, -0.05) is 123 Å². The van der Waals surface area contributed by atoms with Gasteiger partial charge in [0.05, 0.1) is 38.2 Å². The first-order valence-corrected chi connectivity index (χ1v) is 37.4. The van der Waals surface area contributed by atoms with Crippen LogP contribution in [0.15, 0.2) is 109 Å². The number of halogens is 3. The molecule has 5 bridgehead atoms. The number of cyclic esters (lactones) is 1. The van der Waals surface area contributed by atoms with Gasteiger partial charge in [-0.3, -0.25) is 78.6 Å². The fourth-order valence-corrected chi connectivity index (χ4v) is 12.9. The second-order valence-corrected chi connectivity index (χ2v) is 31.5. The number of hydrazine groups is 2. The van der Waals surface area contributed by atoms with Crippen LogP contribution in [0.5, 0.6) is 0 Å². The van der Waals surface area contributed by atoms with E-state index < -0.39 is 133 Å².